The molecule has 0 aromatic carbocycles. The van der Waals surface area contributed by atoms with Crippen LogP contribution in [-0.4, -0.2) is 97.0 Å². The Morgan fingerprint density at radius 2 is 1.83 bits per heavy atom. The van der Waals surface area contributed by atoms with Crippen LogP contribution in [0, 0.1) is 40.4 Å². The Labute approximate surface area is 212 Å². The van der Waals surface area contributed by atoms with Crippen LogP contribution in [0.2, 0.25) is 0 Å². The number of likely N-dealkylation sites (tertiary alicyclic amines) is 1. The first-order valence-corrected chi connectivity index (χ1v) is 13.6. The zero-order chi connectivity index (χ0) is 25.8. The molecule has 1 saturated heterocycles. The molecule has 5 saturated carbocycles. The van der Waals surface area contributed by atoms with Crippen molar-refractivity contribution in [3.8, 4) is 0 Å². The van der Waals surface area contributed by atoms with Gasteiger partial charge in [-0.15, -0.1) is 0 Å². The molecule has 6 fully saturated rings. The van der Waals surface area contributed by atoms with Gasteiger partial charge < -0.3 is 29.2 Å². The van der Waals surface area contributed by atoms with Crippen molar-refractivity contribution in [3.63, 3.8) is 0 Å². The van der Waals surface area contributed by atoms with Crippen LogP contribution in [0.1, 0.15) is 46.5 Å². The summed E-state index contributed by atoms with van der Waals surface area (Å²) >= 11 is 0. The number of aliphatic hydroxyl groups excluding tert-OH is 2. The molecule has 13 atom stereocenters. The maximum absolute atomic E-state index is 12.8. The van der Waals surface area contributed by atoms with Gasteiger partial charge in [0.25, 0.3) is 0 Å². The Bertz CT molecular complexity index is 945. The Balaban J connectivity index is 1.64. The molecule has 0 amide bonds. The van der Waals surface area contributed by atoms with Crippen LogP contribution >= 0.6 is 0 Å². The van der Waals surface area contributed by atoms with Crippen LogP contribution in [0.4, 0.5) is 0 Å². The van der Waals surface area contributed by atoms with Gasteiger partial charge in [0.15, 0.2) is 0 Å². The third-order valence-electron chi connectivity index (χ3n) is 11.4. The van der Waals surface area contributed by atoms with E-state index in [4.69, 9.17) is 18.9 Å². The lowest BCUT2D eigenvalue weighted by Crippen LogP contribution is -2.76. The van der Waals surface area contributed by atoms with Crippen LogP contribution in [0.15, 0.2) is 0 Å². The minimum Gasteiger partial charge on any atom is -0.462 e. The number of fused-ring (bicyclic) bond motifs is 2. The van der Waals surface area contributed by atoms with Gasteiger partial charge in [-0.3, -0.25) is 14.5 Å². The fourth-order valence-corrected chi connectivity index (χ4v) is 11.2. The molecule has 0 radical (unpaired) electrons. The predicted octanol–water partition coefficient (Wildman–Crippen LogP) is 0.990. The molecule has 1 spiro atoms. The lowest BCUT2D eigenvalue weighted by molar-refractivity contribution is -0.277. The highest BCUT2D eigenvalue weighted by molar-refractivity contribution is 5.68. The van der Waals surface area contributed by atoms with Gasteiger partial charge in [0.2, 0.25) is 0 Å². The summed E-state index contributed by atoms with van der Waals surface area (Å²) in [6.45, 7) is 7.16. The van der Waals surface area contributed by atoms with Crippen molar-refractivity contribution in [2.75, 3.05) is 33.9 Å². The maximum atomic E-state index is 12.8. The van der Waals surface area contributed by atoms with Crippen molar-refractivity contribution < 1.29 is 38.7 Å². The highest BCUT2D eigenvalue weighted by Crippen LogP contribution is 2.79. The van der Waals surface area contributed by atoms with E-state index < -0.39 is 41.3 Å². The number of aliphatic hydroxyl groups is 2. The average Bonchev–Trinajstić information content (AvgIpc) is 3.24. The molecule has 5 aliphatic carbocycles. The van der Waals surface area contributed by atoms with Gasteiger partial charge in [0, 0.05) is 81.6 Å². The molecule has 1 heterocycles. The molecule has 1 aliphatic heterocycles. The van der Waals surface area contributed by atoms with Gasteiger partial charge in [0.1, 0.15) is 11.7 Å². The summed E-state index contributed by atoms with van der Waals surface area (Å²) in [5.41, 5.74) is -1.78. The molecule has 0 aromatic heterocycles. The summed E-state index contributed by atoms with van der Waals surface area (Å²) in [5.74, 6) is -1.70. The second-order valence-corrected chi connectivity index (χ2v) is 12.5. The molecule has 36 heavy (non-hydrogen) atoms. The van der Waals surface area contributed by atoms with Crippen LogP contribution in [-0.2, 0) is 28.5 Å². The summed E-state index contributed by atoms with van der Waals surface area (Å²) in [7, 11) is 3.46. The Hall–Kier alpha value is -1.26. The smallest absolute Gasteiger partial charge is 0.303 e. The summed E-state index contributed by atoms with van der Waals surface area (Å²) in [5, 5.41) is 23.5. The lowest BCUT2D eigenvalue weighted by Gasteiger charge is -2.68. The zero-order valence-electron chi connectivity index (χ0n) is 22.0. The molecular weight excluding hydrogens is 466 g/mol. The van der Waals surface area contributed by atoms with E-state index in [9.17, 15) is 19.8 Å². The first kappa shape index (κ1) is 25.0. The van der Waals surface area contributed by atoms with Gasteiger partial charge in [0.05, 0.1) is 24.9 Å². The largest absolute Gasteiger partial charge is 0.462 e. The van der Waals surface area contributed by atoms with Gasteiger partial charge in [-0.1, -0.05) is 6.92 Å². The minimum absolute atomic E-state index is 0.00778. The van der Waals surface area contributed by atoms with Crippen LogP contribution < -0.4 is 0 Å². The number of rotatable bonds is 6. The molecule has 9 heteroatoms. The molecule has 2 N–H and O–H groups in total. The second-order valence-electron chi connectivity index (χ2n) is 12.5. The van der Waals surface area contributed by atoms with Crippen molar-refractivity contribution in [2.24, 2.45) is 40.4 Å². The van der Waals surface area contributed by atoms with E-state index in [0.29, 0.717) is 25.9 Å². The van der Waals surface area contributed by atoms with E-state index in [1.54, 1.807) is 14.2 Å². The molecule has 6 rings (SSSR count). The van der Waals surface area contributed by atoms with E-state index in [1.165, 1.54) is 13.8 Å². The highest BCUT2D eigenvalue weighted by Gasteiger charge is 2.87. The van der Waals surface area contributed by atoms with E-state index in [2.05, 4.69) is 11.8 Å². The van der Waals surface area contributed by atoms with Gasteiger partial charge in [-0.2, -0.15) is 0 Å². The fourth-order valence-electron chi connectivity index (χ4n) is 11.2. The molecule has 6 aliphatic rings. The van der Waals surface area contributed by atoms with Crippen LogP contribution in [0.3, 0.4) is 0 Å². The fraction of sp³-hybridized carbons (Fsp3) is 0.926. The number of esters is 2. The van der Waals surface area contributed by atoms with Crippen molar-refractivity contribution in [3.05, 3.63) is 0 Å². The highest BCUT2D eigenvalue weighted by atomic mass is 16.6. The molecule has 9 nitrogen and oxygen atoms in total. The number of hydrogen-bond acceptors (Lipinski definition) is 9. The Kier molecular flexibility index (Phi) is 5.65. The van der Waals surface area contributed by atoms with E-state index >= 15 is 0 Å². The normalized spacial score (nSPS) is 54.3. The summed E-state index contributed by atoms with van der Waals surface area (Å²) in [6, 6.07) is -0.0691. The first-order chi connectivity index (χ1) is 17.1. The quantitative estimate of drug-likeness (QED) is 0.508. The maximum Gasteiger partial charge on any atom is 0.303 e. The number of hydrogen-bond donors (Lipinski definition) is 2. The van der Waals surface area contributed by atoms with Gasteiger partial charge in [-0.05, 0) is 31.7 Å². The Morgan fingerprint density at radius 3 is 2.44 bits per heavy atom. The topological polar surface area (TPSA) is 115 Å². The van der Waals surface area contributed by atoms with Crippen molar-refractivity contribution in [2.45, 2.75) is 82.5 Å². The number of nitrogens with zero attached hydrogens (tertiary/aromatic N) is 1. The molecular formula is C27H41NO8. The molecule has 0 unspecified atom stereocenters. The Morgan fingerprint density at radius 1 is 1.08 bits per heavy atom. The van der Waals surface area contributed by atoms with Gasteiger partial charge in [-0.25, -0.2) is 0 Å². The standard InChI is InChI=1S/C27H41NO8/c1-6-28-11-25(12-33-4)8-7-18(32)27-16-9-15-17(31)10-26(36-14(3)30,19(16)21(15)35-13(2)29)20(24(27)28)22(34-5)23(25)27/h15-24,31-32H,6-12H2,1-5H3/t15-,16-,17+,18+,19-,20+,21+,22+,23-,24-,25+,26-,27+/m1/s1. The van der Waals surface area contributed by atoms with E-state index in [-0.39, 0.29) is 47.2 Å². The second kappa shape index (κ2) is 8.12. The number of methoxy groups -OCH3 is 2. The molecule has 0 aromatic rings. The number of carbonyl (C=O) groups excluding carboxylic acids is 2. The first-order valence-electron chi connectivity index (χ1n) is 13.6. The van der Waals surface area contributed by atoms with Crippen molar-refractivity contribution >= 4 is 11.9 Å². The van der Waals surface area contributed by atoms with Crippen LogP contribution in [0.5, 0.6) is 0 Å². The molecule has 202 valence electrons. The van der Waals surface area contributed by atoms with Crippen LogP contribution in [0.25, 0.3) is 0 Å². The number of ether oxygens (including phenoxy) is 4. The molecule has 7 bridgehead atoms. The zero-order valence-corrected chi connectivity index (χ0v) is 22.0. The van der Waals surface area contributed by atoms with Crippen molar-refractivity contribution in [1.29, 1.82) is 0 Å². The summed E-state index contributed by atoms with van der Waals surface area (Å²) < 4.78 is 24.6. The average molecular weight is 508 g/mol. The minimum atomic E-state index is -1.05. The van der Waals surface area contributed by atoms with E-state index in [0.717, 1.165) is 19.5 Å². The predicted molar refractivity (Wildman–Crippen MR) is 127 cm³/mol. The third-order valence-corrected chi connectivity index (χ3v) is 11.4. The SMILES string of the molecule is CCN1C[C@]2(COC)CC[C@H](O)[C@@]34[C@@H]5C[C@H]6[C@H](OC(C)=O)[C@@H]5[C@](OC(C)=O)(C[C@@H]6O)[C@@H]([C@H](OC)[C@H]23)[C@@H]14. The number of carbonyl (C=O) groups is 2. The lowest BCUT2D eigenvalue weighted by atomic mass is 9.43. The van der Waals surface area contributed by atoms with Gasteiger partial charge >= 0.3 is 11.9 Å². The third kappa shape index (κ3) is 2.74. The summed E-state index contributed by atoms with van der Waals surface area (Å²) in [6.07, 6.45) is 0.238. The van der Waals surface area contributed by atoms with E-state index in [1.807, 2.05) is 0 Å². The number of piperidine rings is 1. The monoisotopic (exact) mass is 507 g/mol. The van der Waals surface area contributed by atoms with Crippen molar-refractivity contribution in [1.82, 2.24) is 4.90 Å². The summed E-state index contributed by atoms with van der Waals surface area (Å²) in [4.78, 5) is 27.5.